The second-order valence-corrected chi connectivity index (χ2v) is 4.56. The first kappa shape index (κ1) is 13.1. The number of thiol groups is 1. The Morgan fingerprint density at radius 3 is 2.78 bits per heavy atom. The zero-order valence-electron chi connectivity index (χ0n) is 9.82. The molecule has 6 heteroatoms. The van der Waals surface area contributed by atoms with Crippen LogP contribution in [0, 0.1) is 17.6 Å². The average molecular weight is 273 g/mol. The highest BCUT2D eigenvalue weighted by Crippen LogP contribution is 2.35. The van der Waals surface area contributed by atoms with Gasteiger partial charge in [0.25, 0.3) is 0 Å². The lowest BCUT2D eigenvalue weighted by atomic mass is 10.1. The molecule has 1 aromatic carbocycles. The molecule has 2 rings (SSSR count). The largest absolute Gasteiger partial charge is 0.492 e. The van der Waals surface area contributed by atoms with E-state index in [1.165, 1.54) is 12.0 Å². The number of halogens is 2. The van der Waals surface area contributed by atoms with E-state index in [0.717, 1.165) is 12.1 Å². The Morgan fingerprint density at radius 2 is 2.22 bits per heavy atom. The summed E-state index contributed by atoms with van der Waals surface area (Å²) >= 11 is 4.14. The molecule has 1 heterocycles. The molecule has 0 bridgehead atoms. The van der Waals surface area contributed by atoms with Crippen molar-refractivity contribution in [2.75, 3.05) is 24.3 Å². The van der Waals surface area contributed by atoms with Gasteiger partial charge in [0.15, 0.2) is 11.6 Å². The normalized spacial score (nSPS) is 19.4. The van der Waals surface area contributed by atoms with Crippen LogP contribution in [-0.2, 0) is 4.79 Å². The Kier molecular flexibility index (Phi) is 3.75. The van der Waals surface area contributed by atoms with Crippen molar-refractivity contribution in [2.24, 2.45) is 5.92 Å². The van der Waals surface area contributed by atoms with Gasteiger partial charge < -0.3 is 9.64 Å². The number of benzene rings is 1. The Morgan fingerprint density at radius 1 is 1.50 bits per heavy atom. The van der Waals surface area contributed by atoms with Crippen molar-refractivity contribution in [3.63, 3.8) is 0 Å². The maximum Gasteiger partial charge on any atom is 0.227 e. The third kappa shape index (κ3) is 2.29. The fourth-order valence-corrected chi connectivity index (χ4v) is 2.33. The second-order valence-electron chi connectivity index (χ2n) is 4.20. The Bertz CT molecular complexity index is 481. The SMILES string of the molecule is COc1c(F)cc(F)cc1N1CC(CS)CC1=O. The third-order valence-electron chi connectivity index (χ3n) is 2.95. The molecule has 0 N–H and O–H groups in total. The highest BCUT2D eigenvalue weighted by atomic mass is 32.1. The van der Waals surface area contributed by atoms with Crippen molar-refractivity contribution in [3.8, 4) is 5.75 Å². The molecule has 1 aliphatic rings. The molecule has 98 valence electrons. The van der Waals surface area contributed by atoms with E-state index in [1.54, 1.807) is 0 Å². The number of nitrogens with zero attached hydrogens (tertiary/aromatic N) is 1. The Labute approximate surface area is 109 Å². The van der Waals surface area contributed by atoms with Gasteiger partial charge in [-0.15, -0.1) is 0 Å². The van der Waals surface area contributed by atoms with Gasteiger partial charge in [-0.2, -0.15) is 12.6 Å². The number of methoxy groups -OCH3 is 1. The van der Waals surface area contributed by atoms with Crippen molar-refractivity contribution >= 4 is 24.2 Å². The molecule has 1 saturated heterocycles. The van der Waals surface area contributed by atoms with Gasteiger partial charge in [-0.05, 0) is 11.7 Å². The van der Waals surface area contributed by atoms with E-state index in [1.807, 2.05) is 0 Å². The average Bonchev–Trinajstić information content (AvgIpc) is 2.69. The zero-order valence-corrected chi connectivity index (χ0v) is 10.7. The van der Waals surface area contributed by atoms with Gasteiger partial charge in [0.05, 0.1) is 12.8 Å². The lowest BCUT2D eigenvalue weighted by Crippen LogP contribution is -2.25. The summed E-state index contributed by atoms with van der Waals surface area (Å²) in [6.45, 7) is 0.404. The van der Waals surface area contributed by atoms with Crippen LogP contribution in [0.25, 0.3) is 0 Å². The number of ether oxygens (including phenoxy) is 1. The Hall–Kier alpha value is -1.30. The summed E-state index contributed by atoms with van der Waals surface area (Å²) in [5, 5.41) is 0. The van der Waals surface area contributed by atoms with Gasteiger partial charge in [0, 0.05) is 25.1 Å². The molecule has 1 aromatic rings. The van der Waals surface area contributed by atoms with E-state index >= 15 is 0 Å². The van der Waals surface area contributed by atoms with Crippen molar-refractivity contribution in [3.05, 3.63) is 23.8 Å². The van der Waals surface area contributed by atoms with Crippen LogP contribution in [0.2, 0.25) is 0 Å². The molecule has 1 fully saturated rings. The van der Waals surface area contributed by atoms with Crippen LogP contribution in [-0.4, -0.2) is 25.3 Å². The summed E-state index contributed by atoms with van der Waals surface area (Å²) in [5.74, 6) is -1.17. The minimum Gasteiger partial charge on any atom is -0.492 e. The quantitative estimate of drug-likeness (QED) is 0.856. The molecule has 1 amide bonds. The first-order chi connectivity index (χ1) is 8.56. The third-order valence-corrected chi connectivity index (χ3v) is 3.46. The molecule has 0 radical (unpaired) electrons. The fourth-order valence-electron chi connectivity index (χ4n) is 2.09. The van der Waals surface area contributed by atoms with E-state index in [4.69, 9.17) is 4.74 Å². The molecular weight excluding hydrogens is 260 g/mol. The van der Waals surface area contributed by atoms with Crippen LogP contribution in [0.1, 0.15) is 6.42 Å². The first-order valence-corrected chi connectivity index (χ1v) is 6.14. The van der Waals surface area contributed by atoms with E-state index in [2.05, 4.69) is 12.6 Å². The number of rotatable bonds is 3. The number of carbonyl (C=O) groups excluding carboxylic acids is 1. The molecule has 0 spiro atoms. The van der Waals surface area contributed by atoms with Gasteiger partial charge in [-0.1, -0.05) is 0 Å². The van der Waals surface area contributed by atoms with Crippen molar-refractivity contribution < 1.29 is 18.3 Å². The van der Waals surface area contributed by atoms with Gasteiger partial charge in [-0.25, -0.2) is 8.78 Å². The molecule has 1 unspecified atom stereocenters. The van der Waals surface area contributed by atoms with E-state index in [-0.39, 0.29) is 23.3 Å². The monoisotopic (exact) mass is 273 g/mol. The summed E-state index contributed by atoms with van der Waals surface area (Å²) in [4.78, 5) is 13.2. The number of hydrogen-bond donors (Lipinski definition) is 1. The predicted molar refractivity (Wildman–Crippen MR) is 67.2 cm³/mol. The molecule has 1 aliphatic heterocycles. The first-order valence-electron chi connectivity index (χ1n) is 5.51. The smallest absolute Gasteiger partial charge is 0.227 e. The standard InChI is InChI=1S/C12H13F2NO2S/c1-17-12-9(14)3-8(13)4-10(12)15-5-7(6-18)2-11(15)16/h3-4,7,18H,2,5-6H2,1H3. The summed E-state index contributed by atoms with van der Waals surface area (Å²) in [6.07, 6.45) is 0.338. The van der Waals surface area contributed by atoms with Crippen LogP contribution in [0.4, 0.5) is 14.5 Å². The minimum absolute atomic E-state index is 0.0943. The molecule has 0 aromatic heterocycles. The fraction of sp³-hybridized carbons (Fsp3) is 0.417. The van der Waals surface area contributed by atoms with Crippen LogP contribution in [0.5, 0.6) is 5.75 Å². The summed E-state index contributed by atoms with van der Waals surface area (Å²) in [5.41, 5.74) is 0.143. The van der Waals surface area contributed by atoms with Crippen molar-refractivity contribution in [2.45, 2.75) is 6.42 Å². The van der Waals surface area contributed by atoms with Crippen LogP contribution >= 0.6 is 12.6 Å². The van der Waals surface area contributed by atoms with Crippen molar-refractivity contribution in [1.82, 2.24) is 0 Å². The van der Waals surface area contributed by atoms with Gasteiger partial charge in [-0.3, -0.25) is 4.79 Å². The van der Waals surface area contributed by atoms with Gasteiger partial charge in [0.2, 0.25) is 5.91 Å². The van der Waals surface area contributed by atoms with E-state index < -0.39 is 11.6 Å². The Balaban J connectivity index is 2.41. The van der Waals surface area contributed by atoms with E-state index in [9.17, 15) is 13.6 Å². The molecule has 0 aliphatic carbocycles. The predicted octanol–water partition coefficient (Wildman–Crippen LogP) is 2.26. The molecule has 18 heavy (non-hydrogen) atoms. The molecule has 1 atom stereocenters. The number of anilines is 1. The van der Waals surface area contributed by atoms with Gasteiger partial charge in [0.1, 0.15) is 5.82 Å². The number of hydrogen-bond acceptors (Lipinski definition) is 3. The highest BCUT2D eigenvalue weighted by Gasteiger charge is 2.32. The number of carbonyl (C=O) groups is 1. The van der Waals surface area contributed by atoms with E-state index in [0.29, 0.717) is 18.7 Å². The molecular formula is C12H13F2NO2S. The maximum atomic E-state index is 13.6. The van der Waals surface area contributed by atoms with Crippen LogP contribution < -0.4 is 9.64 Å². The van der Waals surface area contributed by atoms with Crippen LogP contribution in [0.3, 0.4) is 0 Å². The summed E-state index contributed by atoms with van der Waals surface area (Å²) in [7, 11) is 1.29. The topological polar surface area (TPSA) is 29.5 Å². The lowest BCUT2D eigenvalue weighted by molar-refractivity contribution is -0.117. The molecule has 3 nitrogen and oxygen atoms in total. The highest BCUT2D eigenvalue weighted by molar-refractivity contribution is 7.80. The minimum atomic E-state index is -0.811. The summed E-state index contributed by atoms with van der Waals surface area (Å²) in [6, 6.07) is 1.85. The zero-order chi connectivity index (χ0) is 13.3. The van der Waals surface area contributed by atoms with Crippen LogP contribution in [0.15, 0.2) is 12.1 Å². The lowest BCUT2D eigenvalue weighted by Gasteiger charge is -2.19. The van der Waals surface area contributed by atoms with Gasteiger partial charge >= 0.3 is 0 Å². The summed E-state index contributed by atoms with van der Waals surface area (Å²) < 4.78 is 31.7. The maximum absolute atomic E-state index is 13.6. The second kappa shape index (κ2) is 5.14. The molecule has 0 saturated carbocycles. The van der Waals surface area contributed by atoms with Crippen molar-refractivity contribution in [1.29, 1.82) is 0 Å². The number of amides is 1.